The summed E-state index contributed by atoms with van der Waals surface area (Å²) in [5.74, 6) is 0.425. The fourth-order valence-electron chi connectivity index (χ4n) is 0.943. The number of nitrogens with two attached hydrogens (primary N) is 1. The van der Waals surface area contributed by atoms with Gasteiger partial charge >= 0.3 is 0 Å². The zero-order chi connectivity index (χ0) is 12.3. The maximum absolute atomic E-state index is 11.2. The van der Waals surface area contributed by atoms with Gasteiger partial charge in [0.15, 0.2) is 15.8 Å². The number of thiophene rings is 1. The summed E-state index contributed by atoms with van der Waals surface area (Å²) < 4.78 is 22.8. The predicted molar refractivity (Wildman–Crippen MR) is 66.4 cm³/mol. The normalized spacial score (nSPS) is 12.8. The van der Waals surface area contributed by atoms with Crippen LogP contribution in [0.3, 0.4) is 0 Å². The minimum Gasteiger partial charge on any atom is -0.370 e. The van der Waals surface area contributed by atoms with E-state index in [1.807, 2.05) is 0 Å². The van der Waals surface area contributed by atoms with Crippen LogP contribution >= 0.6 is 11.3 Å². The van der Waals surface area contributed by atoms with E-state index in [4.69, 9.17) is 5.73 Å². The highest BCUT2D eigenvalue weighted by molar-refractivity contribution is 7.92. The molecule has 0 atom stereocenters. The van der Waals surface area contributed by atoms with Crippen molar-refractivity contribution >= 4 is 27.1 Å². The van der Waals surface area contributed by atoms with Gasteiger partial charge in [-0.25, -0.2) is 13.4 Å². The summed E-state index contributed by atoms with van der Waals surface area (Å²) in [6.45, 7) is 0.407. The van der Waals surface area contributed by atoms with Gasteiger partial charge in [0.1, 0.15) is 4.21 Å². The van der Waals surface area contributed by atoms with Crippen LogP contribution in [0.4, 0.5) is 0 Å². The molecule has 0 aliphatic rings. The van der Waals surface area contributed by atoms with Gasteiger partial charge in [0.25, 0.3) is 0 Å². The van der Waals surface area contributed by atoms with E-state index in [1.165, 1.54) is 17.6 Å². The van der Waals surface area contributed by atoms with Gasteiger partial charge in [0.05, 0.1) is 6.54 Å². The molecule has 5 nitrogen and oxygen atoms in total. The molecule has 1 heterocycles. The number of guanidine groups is 1. The molecule has 7 heteroatoms. The third-order valence-corrected chi connectivity index (χ3v) is 4.75. The first-order chi connectivity index (χ1) is 7.30. The SMILES string of the molecule is CN(C)C(N)=NCc1ccc(S(C)(=O)=O)s1. The van der Waals surface area contributed by atoms with Gasteiger partial charge < -0.3 is 10.6 Å². The van der Waals surface area contributed by atoms with Crippen molar-refractivity contribution < 1.29 is 8.42 Å². The highest BCUT2D eigenvalue weighted by Gasteiger charge is 2.10. The Balaban J connectivity index is 2.78. The minimum absolute atomic E-state index is 0.362. The van der Waals surface area contributed by atoms with Gasteiger partial charge in [-0.15, -0.1) is 11.3 Å². The third kappa shape index (κ3) is 3.49. The van der Waals surface area contributed by atoms with Crippen molar-refractivity contribution in [1.29, 1.82) is 0 Å². The Bertz CT molecular complexity index is 489. The molecule has 1 rings (SSSR count). The average molecular weight is 261 g/mol. The van der Waals surface area contributed by atoms with Crippen LogP contribution in [0.1, 0.15) is 4.88 Å². The van der Waals surface area contributed by atoms with Crippen LogP contribution in [0.25, 0.3) is 0 Å². The van der Waals surface area contributed by atoms with E-state index in [1.54, 1.807) is 31.1 Å². The van der Waals surface area contributed by atoms with Gasteiger partial charge in [-0.1, -0.05) is 0 Å². The molecule has 0 aliphatic heterocycles. The number of hydrogen-bond donors (Lipinski definition) is 1. The first-order valence-electron chi connectivity index (χ1n) is 4.56. The maximum atomic E-state index is 11.2. The minimum atomic E-state index is -3.11. The van der Waals surface area contributed by atoms with Crippen LogP contribution in [0, 0.1) is 0 Å². The Morgan fingerprint density at radius 2 is 2.12 bits per heavy atom. The fraction of sp³-hybridized carbons (Fsp3) is 0.444. The quantitative estimate of drug-likeness (QED) is 0.636. The van der Waals surface area contributed by atoms with Gasteiger partial charge in [0, 0.05) is 25.2 Å². The lowest BCUT2D eigenvalue weighted by molar-refractivity contribution is 0.604. The standard InChI is InChI=1S/C9H15N3O2S2/c1-12(2)9(10)11-6-7-4-5-8(15-7)16(3,13)14/h4-5H,6H2,1-3H3,(H2,10,11). The smallest absolute Gasteiger partial charge is 0.191 e. The molecule has 0 fully saturated rings. The molecule has 90 valence electrons. The zero-order valence-corrected chi connectivity index (χ0v) is 11.1. The summed E-state index contributed by atoms with van der Waals surface area (Å²) in [6, 6.07) is 3.35. The molecule has 0 amide bonds. The largest absolute Gasteiger partial charge is 0.370 e. The third-order valence-electron chi connectivity index (χ3n) is 1.86. The number of hydrogen-bond acceptors (Lipinski definition) is 4. The monoisotopic (exact) mass is 261 g/mol. The summed E-state index contributed by atoms with van der Waals surface area (Å²) in [5.41, 5.74) is 5.62. The van der Waals surface area contributed by atoms with Crippen molar-refractivity contribution in [2.45, 2.75) is 10.8 Å². The van der Waals surface area contributed by atoms with E-state index in [0.717, 1.165) is 4.88 Å². The maximum Gasteiger partial charge on any atom is 0.191 e. The zero-order valence-electron chi connectivity index (χ0n) is 9.47. The average Bonchev–Trinajstić information content (AvgIpc) is 2.61. The van der Waals surface area contributed by atoms with Crippen LogP contribution in [-0.4, -0.2) is 39.6 Å². The highest BCUT2D eigenvalue weighted by Crippen LogP contribution is 2.21. The van der Waals surface area contributed by atoms with Gasteiger partial charge in [0.2, 0.25) is 0 Å². The molecule has 16 heavy (non-hydrogen) atoms. The summed E-state index contributed by atoms with van der Waals surface area (Å²) in [6.07, 6.45) is 1.19. The molecule has 2 N–H and O–H groups in total. The van der Waals surface area contributed by atoms with Gasteiger partial charge in [-0.05, 0) is 12.1 Å². The molecule has 0 radical (unpaired) electrons. The van der Waals surface area contributed by atoms with Crippen molar-refractivity contribution in [3.8, 4) is 0 Å². The molecule has 0 saturated heterocycles. The molecule has 0 unspecified atom stereocenters. The van der Waals surface area contributed by atoms with Crippen LogP contribution < -0.4 is 5.73 Å². The van der Waals surface area contributed by atoms with E-state index in [2.05, 4.69) is 4.99 Å². The summed E-state index contributed by atoms with van der Waals surface area (Å²) in [5, 5.41) is 0. The molecule has 0 aliphatic carbocycles. The van der Waals surface area contributed by atoms with E-state index in [-0.39, 0.29) is 0 Å². The van der Waals surface area contributed by atoms with Gasteiger partial charge in [-0.3, -0.25) is 0 Å². The Kier molecular flexibility index (Phi) is 3.93. The number of aliphatic imine (C=N–C) groups is 1. The van der Waals surface area contributed by atoms with Crippen molar-refractivity contribution in [3.63, 3.8) is 0 Å². The number of sulfone groups is 1. The van der Waals surface area contributed by atoms with E-state index in [9.17, 15) is 8.42 Å². The summed E-state index contributed by atoms with van der Waals surface area (Å²) in [4.78, 5) is 6.70. The molecule has 1 aromatic rings. The van der Waals surface area contributed by atoms with Crippen molar-refractivity contribution in [1.82, 2.24) is 4.90 Å². The van der Waals surface area contributed by atoms with Crippen LogP contribution in [0.2, 0.25) is 0 Å². The summed E-state index contributed by atoms with van der Waals surface area (Å²) in [7, 11) is 0.493. The molecule has 0 aromatic carbocycles. The Labute approximate surface area is 99.5 Å². The predicted octanol–water partition coefficient (Wildman–Crippen LogP) is 0.528. The van der Waals surface area contributed by atoms with Crippen LogP contribution in [-0.2, 0) is 16.4 Å². The Morgan fingerprint density at radius 3 is 2.56 bits per heavy atom. The molecule has 0 spiro atoms. The fourth-order valence-corrected chi connectivity index (χ4v) is 2.84. The lowest BCUT2D eigenvalue weighted by Crippen LogP contribution is -2.30. The highest BCUT2D eigenvalue weighted by atomic mass is 32.2. The first kappa shape index (κ1) is 13.0. The Morgan fingerprint density at radius 1 is 1.50 bits per heavy atom. The first-order valence-corrected chi connectivity index (χ1v) is 7.27. The molecular formula is C9H15N3O2S2. The second kappa shape index (κ2) is 4.84. The molecule has 0 bridgehead atoms. The lowest BCUT2D eigenvalue weighted by Gasteiger charge is -2.09. The van der Waals surface area contributed by atoms with E-state index >= 15 is 0 Å². The van der Waals surface area contributed by atoms with E-state index in [0.29, 0.717) is 16.7 Å². The van der Waals surface area contributed by atoms with Crippen molar-refractivity contribution in [2.24, 2.45) is 10.7 Å². The van der Waals surface area contributed by atoms with Crippen LogP contribution in [0.5, 0.6) is 0 Å². The lowest BCUT2D eigenvalue weighted by atomic mass is 10.5. The van der Waals surface area contributed by atoms with Crippen LogP contribution in [0.15, 0.2) is 21.3 Å². The summed E-state index contributed by atoms with van der Waals surface area (Å²) >= 11 is 1.22. The van der Waals surface area contributed by atoms with E-state index < -0.39 is 9.84 Å². The number of rotatable bonds is 3. The second-order valence-corrected chi connectivity index (χ2v) is 6.97. The Hall–Kier alpha value is -1.08. The molecule has 1 aromatic heterocycles. The molecular weight excluding hydrogens is 246 g/mol. The number of nitrogens with zero attached hydrogens (tertiary/aromatic N) is 2. The van der Waals surface area contributed by atoms with Gasteiger partial charge in [-0.2, -0.15) is 0 Å². The molecule has 0 saturated carbocycles. The van der Waals surface area contributed by atoms with Crippen molar-refractivity contribution in [3.05, 3.63) is 17.0 Å². The second-order valence-electron chi connectivity index (χ2n) is 3.56. The topological polar surface area (TPSA) is 75.8 Å². The van der Waals surface area contributed by atoms with Crippen molar-refractivity contribution in [2.75, 3.05) is 20.4 Å².